The lowest BCUT2D eigenvalue weighted by atomic mass is 10.4. The van der Waals surface area contributed by atoms with Gasteiger partial charge in [-0.25, -0.2) is 0 Å². The molecule has 0 unspecified atom stereocenters. The van der Waals surface area contributed by atoms with Gasteiger partial charge in [0.25, 0.3) is 0 Å². The summed E-state index contributed by atoms with van der Waals surface area (Å²) in [5.41, 5.74) is 4.45. The second-order valence-electron chi connectivity index (χ2n) is 2.52. The fourth-order valence-corrected chi connectivity index (χ4v) is 0.715. The van der Waals surface area contributed by atoms with E-state index in [1.165, 1.54) is 0 Å². The summed E-state index contributed by atoms with van der Waals surface area (Å²) >= 11 is 0. The zero-order valence-electron chi connectivity index (χ0n) is 5.67. The standard InChI is InChI=1S/C6H11NO3/c7-3-5(9)10-6(4-8)1-2-6/h8H,1-4,7H2. The predicted octanol–water partition coefficient (Wildman–Crippen LogP) is -0.987. The van der Waals surface area contributed by atoms with Crippen molar-refractivity contribution in [3.8, 4) is 0 Å². The maximum atomic E-state index is 10.6. The summed E-state index contributed by atoms with van der Waals surface area (Å²) in [5, 5.41) is 8.68. The third-order valence-corrected chi connectivity index (χ3v) is 1.59. The van der Waals surface area contributed by atoms with Gasteiger partial charge in [0, 0.05) is 0 Å². The van der Waals surface area contributed by atoms with Crippen LogP contribution in [0.2, 0.25) is 0 Å². The molecule has 0 amide bonds. The molecule has 4 heteroatoms. The number of carbonyl (C=O) groups excluding carboxylic acids is 1. The lowest BCUT2D eigenvalue weighted by Crippen LogP contribution is -2.27. The summed E-state index contributed by atoms with van der Waals surface area (Å²) in [6, 6.07) is 0. The minimum absolute atomic E-state index is 0.0846. The van der Waals surface area contributed by atoms with E-state index in [9.17, 15) is 4.79 Å². The molecule has 0 aromatic heterocycles. The highest BCUT2D eigenvalue weighted by Crippen LogP contribution is 2.38. The van der Waals surface area contributed by atoms with Crippen LogP contribution in [-0.2, 0) is 9.53 Å². The highest BCUT2D eigenvalue weighted by Gasteiger charge is 2.46. The summed E-state index contributed by atoms with van der Waals surface area (Å²) < 4.78 is 4.83. The quantitative estimate of drug-likeness (QED) is 0.500. The third-order valence-electron chi connectivity index (χ3n) is 1.59. The molecule has 10 heavy (non-hydrogen) atoms. The average Bonchev–Trinajstić information content (AvgIpc) is 2.70. The van der Waals surface area contributed by atoms with E-state index in [0.29, 0.717) is 0 Å². The molecule has 0 saturated heterocycles. The lowest BCUT2D eigenvalue weighted by Gasteiger charge is -2.11. The van der Waals surface area contributed by atoms with Crippen molar-refractivity contribution in [2.75, 3.05) is 13.2 Å². The number of rotatable bonds is 3. The van der Waals surface area contributed by atoms with E-state index in [0.717, 1.165) is 12.8 Å². The molecule has 58 valence electrons. The molecule has 0 heterocycles. The zero-order valence-corrected chi connectivity index (χ0v) is 5.67. The van der Waals surface area contributed by atoms with Crippen LogP contribution in [0.4, 0.5) is 0 Å². The number of nitrogens with two attached hydrogens (primary N) is 1. The van der Waals surface area contributed by atoms with Crippen molar-refractivity contribution in [2.24, 2.45) is 5.73 Å². The van der Waals surface area contributed by atoms with Crippen LogP contribution in [0.3, 0.4) is 0 Å². The first-order valence-corrected chi connectivity index (χ1v) is 3.25. The summed E-state index contributed by atoms with van der Waals surface area (Å²) in [5.74, 6) is -0.438. The second-order valence-corrected chi connectivity index (χ2v) is 2.52. The Kier molecular flexibility index (Phi) is 1.92. The summed E-state index contributed by atoms with van der Waals surface area (Å²) in [6.07, 6.45) is 1.52. The molecule has 1 aliphatic carbocycles. The fourth-order valence-electron chi connectivity index (χ4n) is 0.715. The Morgan fingerprint density at radius 2 is 2.30 bits per heavy atom. The number of esters is 1. The lowest BCUT2D eigenvalue weighted by molar-refractivity contribution is -0.151. The van der Waals surface area contributed by atoms with Crippen LogP contribution in [0.1, 0.15) is 12.8 Å². The highest BCUT2D eigenvalue weighted by atomic mass is 16.6. The molecule has 0 aliphatic heterocycles. The molecule has 3 N–H and O–H groups in total. The number of hydrogen-bond donors (Lipinski definition) is 2. The Bertz CT molecular complexity index is 142. The third kappa shape index (κ3) is 1.46. The number of aliphatic hydroxyl groups excluding tert-OH is 1. The molecule has 1 saturated carbocycles. The first-order chi connectivity index (χ1) is 4.72. The summed E-state index contributed by atoms with van der Waals surface area (Å²) in [6.45, 7) is -0.194. The second kappa shape index (κ2) is 2.56. The molecule has 1 aliphatic rings. The van der Waals surface area contributed by atoms with E-state index in [1.54, 1.807) is 0 Å². The number of aliphatic hydroxyl groups is 1. The molecule has 0 atom stereocenters. The van der Waals surface area contributed by atoms with Gasteiger partial charge in [0.2, 0.25) is 0 Å². The van der Waals surface area contributed by atoms with Gasteiger partial charge in [0.05, 0.1) is 13.2 Å². The van der Waals surface area contributed by atoms with Crippen molar-refractivity contribution in [1.29, 1.82) is 0 Å². The van der Waals surface area contributed by atoms with Gasteiger partial charge in [0.1, 0.15) is 5.60 Å². The Morgan fingerprint density at radius 1 is 1.70 bits per heavy atom. The molecular formula is C6H11NO3. The van der Waals surface area contributed by atoms with Crippen molar-refractivity contribution in [3.63, 3.8) is 0 Å². The van der Waals surface area contributed by atoms with Gasteiger partial charge in [-0.3, -0.25) is 4.79 Å². The van der Waals surface area contributed by atoms with E-state index in [2.05, 4.69) is 0 Å². The van der Waals surface area contributed by atoms with Crippen LogP contribution in [0.15, 0.2) is 0 Å². The van der Waals surface area contributed by atoms with Gasteiger partial charge in [-0.1, -0.05) is 0 Å². The first-order valence-electron chi connectivity index (χ1n) is 3.25. The van der Waals surface area contributed by atoms with E-state index < -0.39 is 11.6 Å². The smallest absolute Gasteiger partial charge is 0.320 e. The molecule has 1 rings (SSSR count). The normalized spacial score (nSPS) is 20.2. The molecule has 0 spiro atoms. The Morgan fingerprint density at radius 3 is 2.60 bits per heavy atom. The van der Waals surface area contributed by atoms with Crippen molar-refractivity contribution in [2.45, 2.75) is 18.4 Å². The monoisotopic (exact) mass is 145 g/mol. The van der Waals surface area contributed by atoms with Crippen molar-refractivity contribution in [3.05, 3.63) is 0 Å². The number of ether oxygens (including phenoxy) is 1. The number of hydrogen-bond acceptors (Lipinski definition) is 4. The van der Waals surface area contributed by atoms with Crippen molar-refractivity contribution >= 4 is 5.97 Å². The van der Waals surface area contributed by atoms with Gasteiger partial charge in [-0.2, -0.15) is 0 Å². The molecule has 1 fully saturated rings. The molecule has 0 aromatic carbocycles. The van der Waals surface area contributed by atoms with E-state index in [4.69, 9.17) is 15.6 Å². The van der Waals surface area contributed by atoms with E-state index in [1.807, 2.05) is 0 Å². The van der Waals surface area contributed by atoms with E-state index >= 15 is 0 Å². The minimum atomic E-state index is -0.559. The maximum Gasteiger partial charge on any atom is 0.320 e. The van der Waals surface area contributed by atoms with Crippen LogP contribution in [-0.4, -0.2) is 29.8 Å². The van der Waals surface area contributed by atoms with Crippen LogP contribution in [0.5, 0.6) is 0 Å². The maximum absolute atomic E-state index is 10.6. The first kappa shape index (κ1) is 7.50. The number of carbonyl (C=O) groups is 1. The van der Waals surface area contributed by atoms with Gasteiger partial charge >= 0.3 is 5.97 Å². The van der Waals surface area contributed by atoms with Gasteiger partial charge in [0.15, 0.2) is 0 Å². The van der Waals surface area contributed by atoms with E-state index in [-0.39, 0.29) is 13.2 Å². The van der Waals surface area contributed by atoms with Crippen LogP contribution in [0.25, 0.3) is 0 Å². The van der Waals surface area contributed by atoms with Crippen molar-refractivity contribution < 1.29 is 14.6 Å². The van der Waals surface area contributed by atoms with Gasteiger partial charge < -0.3 is 15.6 Å². The summed E-state index contributed by atoms with van der Waals surface area (Å²) in [7, 11) is 0. The minimum Gasteiger partial charge on any atom is -0.456 e. The zero-order chi connectivity index (χ0) is 7.61. The Balaban J connectivity index is 2.30. The fraction of sp³-hybridized carbons (Fsp3) is 0.833. The largest absolute Gasteiger partial charge is 0.456 e. The average molecular weight is 145 g/mol. The van der Waals surface area contributed by atoms with Gasteiger partial charge in [-0.05, 0) is 12.8 Å². The Hall–Kier alpha value is -0.610. The van der Waals surface area contributed by atoms with Gasteiger partial charge in [-0.15, -0.1) is 0 Å². The SMILES string of the molecule is NCC(=O)OC1(CO)CC1. The molecule has 4 nitrogen and oxygen atoms in total. The molecule has 0 bridgehead atoms. The topological polar surface area (TPSA) is 72.6 Å². The molecule has 0 aromatic rings. The van der Waals surface area contributed by atoms with Crippen molar-refractivity contribution in [1.82, 2.24) is 0 Å². The van der Waals surface area contributed by atoms with Crippen LogP contribution in [0, 0.1) is 0 Å². The molecular weight excluding hydrogens is 134 g/mol. The Labute approximate surface area is 59.0 Å². The molecule has 0 radical (unpaired) electrons. The highest BCUT2D eigenvalue weighted by molar-refractivity contribution is 5.72. The van der Waals surface area contributed by atoms with Crippen LogP contribution >= 0.6 is 0 Å². The summed E-state index contributed by atoms with van der Waals surface area (Å²) in [4.78, 5) is 10.6. The predicted molar refractivity (Wildman–Crippen MR) is 34.2 cm³/mol. The van der Waals surface area contributed by atoms with Crippen LogP contribution < -0.4 is 5.73 Å².